The summed E-state index contributed by atoms with van der Waals surface area (Å²) in [5.41, 5.74) is 0. The SMILES string of the molecule is CCCCCCCCCCC/C=C\C/C=C\CCCCCCCCCCCC(=O)NC(COC1OC(CO)C(O)C(O)C1O)C(O)/C=C/CC/C=C/CC/C=C/CCCCCCCCCCCCCCCCC. The van der Waals surface area contributed by atoms with Gasteiger partial charge < -0.3 is 40.3 Å². The number of nitrogens with one attached hydrogen (secondary N) is 1. The number of carbonyl (C=O) groups is 1. The number of rotatable bonds is 53. The summed E-state index contributed by atoms with van der Waals surface area (Å²) in [6.45, 7) is 3.78. The van der Waals surface area contributed by atoms with Crippen LogP contribution in [-0.2, 0) is 14.3 Å². The van der Waals surface area contributed by atoms with Crippen LogP contribution in [0, 0.1) is 0 Å². The number of unbranched alkanes of at least 4 members (excludes halogenated alkanes) is 35. The minimum absolute atomic E-state index is 0.194. The lowest BCUT2D eigenvalue weighted by atomic mass is 9.99. The summed E-state index contributed by atoms with van der Waals surface area (Å²) in [4.78, 5) is 13.1. The summed E-state index contributed by atoms with van der Waals surface area (Å²) < 4.78 is 11.3. The van der Waals surface area contributed by atoms with Crippen LogP contribution in [0.15, 0.2) is 60.8 Å². The second-order valence-corrected chi connectivity index (χ2v) is 21.5. The molecule has 0 bridgehead atoms. The Labute approximate surface area is 449 Å². The Morgan fingerprint density at radius 2 is 0.822 bits per heavy atom. The van der Waals surface area contributed by atoms with Gasteiger partial charge in [0.1, 0.15) is 24.4 Å². The molecule has 1 rings (SSSR count). The monoisotopic (exact) mass is 1030 g/mol. The number of carbonyl (C=O) groups excluding carboxylic acids is 1. The zero-order chi connectivity index (χ0) is 52.9. The summed E-state index contributed by atoms with van der Waals surface area (Å²) in [7, 11) is 0. The van der Waals surface area contributed by atoms with Gasteiger partial charge in [-0.25, -0.2) is 0 Å². The molecule has 1 aliphatic heterocycles. The van der Waals surface area contributed by atoms with Crippen molar-refractivity contribution in [3.8, 4) is 0 Å². The van der Waals surface area contributed by atoms with Crippen molar-refractivity contribution in [1.29, 1.82) is 0 Å². The van der Waals surface area contributed by atoms with E-state index in [1.807, 2.05) is 6.08 Å². The molecule has 1 saturated heterocycles. The minimum Gasteiger partial charge on any atom is -0.394 e. The Morgan fingerprint density at radius 1 is 0.466 bits per heavy atom. The van der Waals surface area contributed by atoms with Crippen LogP contribution in [0.1, 0.15) is 284 Å². The Hall–Kier alpha value is -2.11. The second-order valence-electron chi connectivity index (χ2n) is 21.5. The van der Waals surface area contributed by atoms with Crippen molar-refractivity contribution in [3.05, 3.63) is 60.8 Å². The highest BCUT2D eigenvalue weighted by Crippen LogP contribution is 2.23. The maximum atomic E-state index is 13.1. The molecule has 426 valence electrons. The van der Waals surface area contributed by atoms with Crippen LogP contribution in [0.25, 0.3) is 0 Å². The van der Waals surface area contributed by atoms with Crippen molar-refractivity contribution >= 4 is 5.91 Å². The van der Waals surface area contributed by atoms with Crippen molar-refractivity contribution in [3.63, 3.8) is 0 Å². The third-order valence-electron chi connectivity index (χ3n) is 14.5. The highest BCUT2D eigenvalue weighted by molar-refractivity contribution is 5.76. The topological polar surface area (TPSA) is 149 Å². The number of ether oxygens (including phenoxy) is 2. The van der Waals surface area contributed by atoms with Gasteiger partial charge in [0.15, 0.2) is 6.29 Å². The normalized spacial score (nSPS) is 19.5. The molecular weight excluding hydrogens is 911 g/mol. The number of hydrogen-bond acceptors (Lipinski definition) is 8. The molecule has 1 amide bonds. The molecule has 1 heterocycles. The van der Waals surface area contributed by atoms with Crippen molar-refractivity contribution in [2.45, 2.75) is 326 Å². The zero-order valence-electron chi connectivity index (χ0n) is 47.4. The largest absolute Gasteiger partial charge is 0.394 e. The van der Waals surface area contributed by atoms with E-state index in [0.29, 0.717) is 6.42 Å². The van der Waals surface area contributed by atoms with Gasteiger partial charge in [-0.2, -0.15) is 0 Å². The molecule has 7 atom stereocenters. The minimum atomic E-state index is -1.58. The van der Waals surface area contributed by atoms with E-state index in [1.54, 1.807) is 6.08 Å². The molecule has 0 aromatic carbocycles. The molecule has 9 nitrogen and oxygen atoms in total. The van der Waals surface area contributed by atoms with Gasteiger partial charge in [0.05, 0.1) is 25.4 Å². The molecule has 7 unspecified atom stereocenters. The first kappa shape index (κ1) is 68.9. The van der Waals surface area contributed by atoms with Crippen LogP contribution in [0.2, 0.25) is 0 Å². The summed E-state index contributed by atoms with van der Waals surface area (Å²) in [5, 5.41) is 54.6. The Balaban J connectivity index is 2.24. The maximum Gasteiger partial charge on any atom is 0.220 e. The van der Waals surface area contributed by atoms with E-state index < -0.39 is 49.5 Å². The van der Waals surface area contributed by atoms with E-state index in [9.17, 15) is 30.3 Å². The molecule has 0 aromatic heterocycles. The lowest BCUT2D eigenvalue weighted by Crippen LogP contribution is -2.60. The summed E-state index contributed by atoms with van der Waals surface area (Å²) in [6, 6.07) is -0.834. The van der Waals surface area contributed by atoms with Gasteiger partial charge in [0.25, 0.3) is 0 Å². The standard InChI is InChI=1S/C64H117NO8/c1-3-5-7-9-11-13-15-17-19-21-23-25-27-29-31-33-35-37-39-41-43-45-47-49-51-53-58(67)57(56-72-64-63(71)62(70)61(69)59(55-66)73-64)65-60(68)54-52-50-48-46-44-42-40-38-36-34-32-30-28-26-24-22-20-18-16-14-12-10-8-6-4-2/h24,26,30,32,35,37,43,45,51,53,57-59,61-64,66-67,69-71H,3-23,25,27-29,31,33-34,36,38-42,44,46-50,52,54-56H2,1-2H3,(H,65,68)/b26-24-,32-30-,37-35+,45-43+,53-51+. The third-order valence-corrected chi connectivity index (χ3v) is 14.5. The maximum absolute atomic E-state index is 13.1. The molecule has 0 aliphatic carbocycles. The zero-order valence-corrected chi connectivity index (χ0v) is 47.4. The van der Waals surface area contributed by atoms with Gasteiger partial charge in [-0.3, -0.25) is 4.79 Å². The van der Waals surface area contributed by atoms with Crippen LogP contribution in [0.3, 0.4) is 0 Å². The Kier molecular flexibility index (Phi) is 50.3. The highest BCUT2D eigenvalue weighted by Gasteiger charge is 2.44. The van der Waals surface area contributed by atoms with Crippen LogP contribution in [0.4, 0.5) is 0 Å². The molecule has 9 heteroatoms. The number of allylic oxidation sites excluding steroid dienone is 9. The van der Waals surface area contributed by atoms with Crippen LogP contribution >= 0.6 is 0 Å². The van der Waals surface area contributed by atoms with Crippen LogP contribution in [0.5, 0.6) is 0 Å². The fraction of sp³-hybridized carbons (Fsp3) is 0.828. The molecular formula is C64H117NO8. The number of aliphatic hydroxyl groups is 5. The average Bonchev–Trinajstić information content (AvgIpc) is 3.39. The highest BCUT2D eigenvalue weighted by atomic mass is 16.7. The van der Waals surface area contributed by atoms with Crippen molar-refractivity contribution < 1.29 is 39.8 Å². The predicted octanol–water partition coefficient (Wildman–Crippen LogP) is 15.9. The van der Waals surface area contributed by atoms with Gasteiger partial charge in [-0.1, -0.05) is 261 Å². The first-order valence-electron chi connectivity index (χ1n) is 31.0. The molecule has 0 spiro atoms. The molecule has 1 fully saturated rings. The van der Waals surface area contributed by atoms with Crippen molar-refractivity contribution in [1.82, 2.24) is 5.32 Å². The first-order chi connectivity index (χ1) is 35.8. The van der Waals surface area contributed by atoms with Crippen molar-refractivity contribution in [2.75, 3.05) is 13.2 Å². The summed E-state index contributed by atoms with van der Waals surface area (Å²) >= 11 is 0. The Morgan fingerprint density at radius 3 is 1.23 bits per heavy atom. The Bertz CT molecular complexity index is 1330. The van der Waals surface area contributed by atoms with E-state index in [-0.39, 0.29) is 12.5 Å². The van der Waals surface area contributed by atoms with Gasteiger partial charge in [-0.15, -0.1) is 0 Å². The van der Waals surface area contributed by atoms with Gasteiger partial charge in [0.2, 0.25) is 5.91 Å². The fourth-order valence-corrected chi connectivity index (χ4v) is 9.63. The van der Waals surface area contributed by atoms with Gasteiger partial charge >= 0.3 is 0 Å². The summed E-state index contributed by atoms with van der Waals surface area (Å²) in [6.07, 6.45) is 65.8. The molecule has 1 aliphatic rings. The summed E-state index contributed by atoms with van der Waals surface area (Å²) in [5.74, 6) is -0.194. The molecule has 0 radical (unpaired) electrons. The molecule has 73 heavy (non-hydrogen) atoms. The van der Waals surface area contributed by atoms with E-state index in [1.165, 1.54) is 199 Å². The predicted molar refractivity (Wildman–Crippen MR) is 309 cm³/mol. The average molecular weight is 1030 g/mol. The number of amides is 1. The van der Waals surface area contributed by atoms with E-state index in [4.69, 9.17) is 9.47 Å². The first-order valence-corrected chi connectivity index (χ1v) is 31.0. The third kappa shape index (κ3) is 42.7. The van der Waals surface area contributed by atoms with Crippen molar-refractivity contribution in [2.24, 2.45) is 0 Å². The smallest absolute Gasteiger partial charge is 0.220 e. The van der Waals surface area contributed by atoms with Crippen LogP contribution in [-0.4, -0.2) is 87.5 Å². The lowest BCUT2D eigenvalue weighted by molar-refractivity contribution is -0.302. The number of aliphatic hydroxyl groups excluding tert-OH is 5. The van der Waals surface area contributed by atoms with E-state index in [0.717, 1.165) is 64.2 Å². The van der Waals surface area contributed by atoms with Gasteiger partial charge in [0, 0.05) is 6.42 Å². The molecule has 0 aromatic rings. The lowest BCUT2D eigenvalue weighted by Gasteiger charge is -2.40. The quantitative estimate of drug-likeness (QED) is 0.0261. The fourth-order valence-electron chi connectivity index (χ4n) is 9.63. The number of hydrogen-bond donors (Lipinski definition) is 6. The second kappa shape index (κ2) is 53.3. The van der Waals surface area contributed by atoms with E-state index in [2.05, 4.69) is 67.8 Å². The van der Waals surface area contributed by atoms with E-state index >= 15 is 0 Å². The van der Waals surface area contributed by atoms with Crippen LogP contribution < -0.4 is 5.32 Å². The molecule has 0 saturated carbocycles. The molecule has 6 N–H and O–H groups in total. The van der Waals surface area contributed by atoms with Gasteiger partial charge in [-0.05, 0) is 77.0 Å².